The molecule has 4 aromatic carbocycles. The Hall–Kier alpha value is -3.49. The summed E-state index contributed by atoms with van der Waals surface area (Å²) in [5.74, 6) is -0.838. The normalized spacial score (nSPS) is 23.6. The van der Waals surface area contributed by atoms with Crippen LogP contribution in [0.5, 0.6) is 0 Å². The Kier molecular flexibility index (Phi) is 6.77. The smallest absolute Gasteiger partial charge is 0.313 e. The highest BCUT2D eigenvalue weighted by Crippen LogP contribution is 2.60. The van der Waals surface area contributed by atoms with Gasteiger partial charge in [0, 0.05) is 48.8 Å². The average Bonchev–Trinajstić information content (AvgIpc) is 3.47. The minimum atomic E-state index is -1.02. The topological polar surface area (TPSA) is 56.9 Å². The molecule has 6 nitrogen and oxygen atoms in total. The molecule has 1 fully saturated rings. The number of benzene rings is 4. The Bertz CT molecular complexity index is 1510. The number of nitrogens with one attached hydrogen (secondary N) is 1. The van der Waals surface area contributed by atoms with Gasteiger partial charge in [0.05, 0.1) is 6.61 Å². The van der Waals surface area contributed by atoms with E-state index in [0.29, 0.717) is 13.2 Å². The molecule has 0 bridgehead atoms. The van der Waals surface area contributed by atoms with Gasteiger partial charge in [-0.25, -0.2) is 0 Å². The van der Waals surface area contributed by atoms with E-state index >= 15 is 0 Å². The zero-order valence-corrected chi connectivity index (χ0v) is 24.5. The molecule has 0 spiro atoms. The number of hydrogen-bond acceptors (Lipinski definition) is 5. The number of anilines is 1. The van der Waals surface area contributed by atoms with Crippen LogP contribution in [0.2, 0.25) is 0 Å². The number of carbonyl (C=O) groups is 1. The van der Waals surface area contributed by atoms with E-state index in [-0.39, 0.29) is 5.97 Å². The summed E-state index contributed by atoms with van der Waals surface area (Å²) >= 11 is 7.12. The van der Waals surface area contributed by atoms with E-state index in [9.17, 15) is 4.79 Å². The molecule has 6 rings (SSSR count). The van der Waals surface area contributed by atoms with Crippen LogP contribution >= 0.6 is 31.9 Å². The van der Waals surface area contributed by atoms with E-state index in [1.165, 1.54) is 0 Å². The highest BCUT2D eigenvalue weighted by atomic mass is 79.9. The van der Waals surface area contributed by atoms with Crippen LogP contribution in [0, 0.1) is 5.92 Å². The fourth-order valence-corrected chi connectivity index (χ4v) is 6.45. The van der Waals surface area contributed by atoms with Gasteiger partial charge in [-0.2, -0.15) is 5.43 Å². The predicted octanol–water partition coefficient (Wildman–Crippen LogP) is 7.27. The number of rotatable bonds is 6. The van der Waals surface area contributed by atoms with Gasteiger partial charge in [0.1, 0.15) is 5.92 Å². The van der Waals surface area contributed by atoms with Gasteiger partial charge < -0.3 is 9.64 Å². The van der Waals surface area contributed by atoms with Gasteiger partial charge in [0.25, 0.3) is 11.4 Å². The van der Waals surface area contributed by atoms with Crippen molar-refractivity contribution in [1.82, 2.24) is 5.43 Å². The number of nitrogens with zero attached hydrogens (tertiary/aromatic N) is 3. The number of hydrazine groups is 1. The van der Waals surface area contributed by atoms with Crippen LogP contribution in [0.25, 0.3) is 0 Å². The Labute approximate surface area is 244 Å². The molecule has 1 saturated heterocycles. The van der Waals surface area contributed by atoms with E-state index in [1.807, 2.05) is 84.5 Å². The van der Waals surface area contributed by atoms with Crippen molar-refractivity contribution in [2.45, 2.75) is 18.1 Å². The Morgan fingerprint density at radius 3 is 2.05 bits per heavy atom. The first-order chi connectivity index (χ1) is 19.0. The molecule has 196 valence electrons. The quantitative estimate of drug-likeness (QED) is 0.177. The highest BCUT2D eigenvalue weighted by molar-refractivity contribution is 9.10. The number of ether oxygens (including phenoxy) is 1. The molecule has 2 aliphatic rings. The van der Waals surface area contributed by atoms with E-state index in [1.54, 1.807) is 0 Å². The van der Waals surface area contributed by atoms with Crippen molar-refractivity contribution >= 4 is 49.2 Å². The third kappa shape index (κ3) is 4.08. The second-order valence-electron chi connectivity index (χ2n) is 9.60. The lowest BCUT2D eigenvalue weighted by Gasteiger charge is -2.40. The van der Waals surface area contributed by atoms with Crippen molar-refractivity contribution in [3.8, 4) is 0 Å². The van der Waals surface area contributed by atoms with Gasteiger partial charge in [-0.05, 0) is 48.9 Å². The molecule has 0 unspecified atom stereocenters. The van der Waals surface area contributed by atoms with Crippen molar-refractivity contribution in [3.05, 3.63) is 129 Å². The molecule has 0 radical (unpaired) electrons. The molecule has 8 heteroatoms. The summed E-state index contributed by atoms with van der Waals surface area (Å²) in [6.45, 7) is 2.55. The lowest BCUT2D eigenvalue weighted by atomic mass is 9.70. The molecule has 1 N–H and O–H groups in total. The van der Waals surface area contributed by atoms with Gasteiger partial charge >= 0.3 is 5.97 Å². The summed E-state index contributed by atoms with van der Waals surface area (Å²) in [6, 6.07) is 36.5. The molecule has 0 amide bonds. The lowest BCUT2D eigenvalue weighted by molar-refractivity contribution is -0.570. The van der Waals surface area contributed by atoms with Gasteiger partial charge in [0.2, 0.25) is 0 Å². The van der Waals surface area contributed by atoms with E-state index < -0.39 is 17.1 Å². The van der Waals surface area contributed by atoms with E-state index in [4.69, 9.17) is 9.85 Å². The second kappa shape index (κ2) is 10.2. The van der Waals surface area contributed by atoms with E-state index in [0.717, 1.165) is 31.4 Å². The molecule has 2 heterocycles. The van der Waals surface area contributed by atoms with Crippen LogP contribution < -0.4 is 10.3 Å². The summed E-state index contributed by atoms with van der Waals surface area (Å²) < 4.78 is 7.70. The standard InChI is InChI=1S/C31H27Br2N4O2/c1-2-39-29(38)28-21-36(26-17-13-24(32)14-18-26)31(23-11-7-4-8-12-23)30(28,22-9-5-3-6-10-22)34-37(35-31)27-19-15-25(33)16-20-27/h3-20,28H,2,21H2,1H3,(H,34,35)/q+1/t28-,30-,31+/m0/s1. The van der Waals surface area contributed by atoms with Crippen LogP contribution in [0.1, 0.15) is 18.1 Å². The molecular formula is C31H27Br2N4O2+. The number of carbonyl (C=O) groups excluding carboxylic acids is 1. The molecule has 4 aromatic rings. The monoisotopic (exact) mass is 645 g/mol. The van der Waals surface area contributed by atoms with Crippen molar-refractivity contribution in [2.75, 3.05) is 18.1 Å². The van der Waals surface area contributed by atoms with Gasteiger partial charge in [-0.15, -0.1) is 0 Å². The first kappa shape index (κ1) is 25.8. The number of halogens is 2. The van der Waals surface area contributed by atoms with Gasteiger partial charge in [0.15, 0.2) is 5.54 Å². The molecule has 2 aliphatic heterocycles. The van der Waals surface area contributed by atoms with Crippen molar-refractivity contribution < 1.29 is 14.3 Å². The van der Waals surface area contributed by atoms with Crippen LogP contribution in [0.15, 0.2) is 123 Å². The molecule has 0 aromatic heterocycles. The third-order valence-corrected chi connectivity index (χ3v) is 8.60. The maximum absolute atomic E-state index is 13.9. The molecular weight excluding hydrogens is 620 g/mol. The lowest BCUT2D eigenvalue weighted by Crippen LogP contribution is -2.59. The zero-order valence-electron chi connectivity index (χ0n) is 21.3. The first-order valence-corrected chi connectivity index (χ1v) is 14.5. The van der Waals surface area contributed by atoms with E-state index in [2.05, 4.69) is 78.6 Å². The number of azo groups is 1. The summed E-state index contributed by atoms with van der Waals surface area (Å²) in [6.07, 6.45) is 0. The Morgan fingerprint density at radius 1 is 0.897 bits per heavy atom. The minimum absolute atomic E-state index is 0.262. The van der Waals surface area contributed by atoms with Crippen LogP contribution in [0.3, 0.4) is 0 Å². The minimum Gasteiger partial charge on any atom is -0.466 e. The first-order valence-electron chi connectivity index (χ1n) is 12.9. The number of esters is 1. The third-order valence-electron chi connectivity index (χ3n) is 7.54. The van der Waals surface area contributed by atoms with Crippen LogP contribution in [-0.2, 0) is 20.7 Å². The average molecular weight is 647 g/mol. The molecule has 39 heavy (non-hydrogen) atoms. The zero-order chi connectivity index (χ0) is 27.0. The summed E-state index contributed by atoms with van der Waals surface area (Å²) in [4.78, 5) is 18.0. The molecule has 0 aliphatic carbocycles. The maximum atomic E-state index is 13.9. The Balaban J connectivity index is 1.70. The fraction of sp³-hybridized carbons (Fsp3) is 0.194. The second-order valence-corrected chi connectivity index (χ2v) is 11.4. The number of fused-ring (bicyclic) bond motifs is 1. The Morgan fingerprint density at radius 2 is 1.46 bits per heavy atom. The van der Waals surface area contributed by atoms with Gasteiger partial charge in [-0.3, -0.25) is 4.79 Å². The molecule has 0 saturated carbocycles. The highest BCUT2D eigenvalue weighted by Gasteiger charge is 2.77. The summed E-state index contributed by atoms with van der Waals surface area (Å²) in [5.41, 5.74) is 5.49. The SMILES string of the molecule is CCOC(=O)[C@@H]1CN(c2ccc(Br)cc2)[C@@]2(c3ccccc3)N=[N+](c3ccc(Br)cc3)N[C@@]12c1ccccc1. The predicted molar refractivity (Wildman–Crippen MR) is 157 cm³/mol. The summed E-state index contributed by atoms with van der Waals surface area (Å²) in [5, 5.41) is 5.49. The van der Waals surface area contributed by atoms with Gasteiger partial charge in [-0.1, -0.05) is 92.5 Å². The number of hydrogen-bond donors (Lipinski definition) is 1. The fourth-order valence-electron chi connectivity index (χ4n) is 5.92. The maximum Gasteiger partial charge on any atom is 0.313 e. The van der Waals surface area contributed by atoms with Crippen molar-refractivity contribution in [2.24, 2.45) is 11.0 Å². The van der Waals surface area contributed by atoms with Crippen LogP contribution in [0.4, 0.5) is 11.4 Å². The van der Waals surface area contributed by atoms with Crippen molar-refractivity contribution in [3.63, 3.8) is 0 Å². The van der Waals surface area contributed by atoms with Crippen molar-refractivity contribution in [1.29, 1.82) is 0 Å². The van der Waals surface area contributed by atoms with Crippen LogP contribution in [-0.4, -0.2) is 23.9 Å². The molecule has 3 atom stereocenters. The summed E-state index contributed by atoms with van der Waals surface area (Å²) in [7, 11) is 0. The largest absolute Gasteiger partial charge is 0.466 e.